The molecule has 20 nitrogen and oxygen atoms in total. The Morgan fingerprint density at radius 2 is 1.44 bits per heavy atom. The molecule has 0 saturated carbocycles. The number of nitrogens with zero attached hydrogens (tertiary/aromatic N) is 5. The minimum Gasteiger partial charge on any atom is -0.505 e. The fraction of sp³-hybridized carbons (Fsp3) is 0.148. The lowest BCUT2D eigenvalue weighted by atomic mass is 10.1. The van der Waals surface area contributed by atoms with E-state index in [2.05, 4.69) is 25.4 Å². The molecule has 52 heavy (non-hydrogen) atoms. The minimum absolute atomic E-state index is 0.0927. The zero-order valence-electron chi connectivity index (χ0n) is 26.0. The first-order valence-corrected chi connectivity index (χ1v) is 20.7. The molecule has 0 aliphatic rings. The van der Waals surface area contributed by atoms with Gasteiger partial charge in [-0.2, -0.15) is 33.7 Å². The lowest BCUT2D eigenvalue weighted by Gasteiger charge is -2.12. The van der Waals surface area contributed by atoms with E-state index in [4.69, 9.17) is 15.0 Å². The second-order valence-corrected chi connectivity index (χ2v) is 17.5. The molecular weight excluding hydrogens is 793 g/mol. The number of nitrogens with two attached hydrogens (primary N) is 1. The van der Waals surface area contributed by atoms with Gasteiger partial charge in [0.2, 0.25) is 5.13 Å². The van der Waals surface area contributed by atoms with E-state index in [0.717, 1.165) is 35.6 Å². The molecule has 1 heterocycles. The number of nitrogen functional groups attached to an aromatic ring is 1. The summed E-state index contributed by atoms with van der Waals surface area (Å²) >= 11 is 0.957. The monoisotopic (exact) mass is 816 g/mol. The number of fused-ring (bicyclic) bond motifs is 2. The maximum absolute atomic E-state index is 12.3. The van der Waals surface area contributed by atoms with Crippen LogP contribution < -0.4 is 10.5 Å². The van der Waals surface area contributed by atoms with Gasteiger partial charge < -0.3 is 15.6 Å². The minimum atomic E-state index is -5.16. The third-order valence-electron chi connectivity index (χ3n) is 6.97. The van der Waals surface area contributed by atoms with Crippen LogP contribution in [0.3, 0.4) is 0 Å². The molecule has 0 aliphatic heterocycles. The summed E-state index contributed by atoms with van der Waals surface area (Å²) in [6, 6.07) is 8.83. The second-order valence-electron chi connectivity index (χ2n) is 10.7. The molecule has 0 atom stereocenters. The average Bonchev–Trinajstić information content (AvgIpc) is 3.43. The standard InChI is InChI=1S/C27H24N6O14S5/c1-13-7-20(31-32-25-24(52(44,45)46)9-14-8-23(51(41,42)43)17(28)11-16(14)26(25)34)21(47-5-2-6-49(35,36)37)12-19(13)30-33-27-29-18-4-3-15(50(38,39)40)10-22(18)48-27/h3-4,7-12,34H,2,5-6,28H2,1H3,(H,35,36,37)(H,38,39,40)(H,41,42,43)(H,44,45,46). The number of benzene rings is 4. The fourth-order valence-electron chi connectivity index (χ4n) is 4.59. The topological polar surface area (TPSA) is 335 Å². The zero-order valence-corrected chi connectivity index (χ0v) is 30.1. The van der Waals surface area contributed by atoms with Crippen molar-refractivity contribution in [2.75, 3.05) is 18.1 Å². The molecule has 0 unspecified atom stereocenters. The number of rotatable bonds is 12. The van der Waals surface area contributed by atoms with Gasteiger partial charge in [-0.25, -0.2) is 4.98 Å². The van der Waals surface area contributed by atoms with Crippen molar-refractivity contribution in [1.82, 2.24) is 4.98 Å². The molecule has 0 bridgehead atoms. The summed E-state index contributed by atoms with van der Waals surface area (Å²) in [7, 11) is -18.8. The molecule has 4 aromatic carbocycles. The number of aromatic hydroxyl groups is 1. The number of phenolic OH excluding ortho intramolecular Hbond substituents is 1. The van der Waals surface area contributed by atoms with Crippen LogP contribution in [0.2, 0.25) is 0 Å². The van der Waals surface area contributed by atoms with Crippen LogP contribution in [0.15, 0.2) is 83.7 Å². The number of thiazole rings is 1. The van der Waals surface area contributed by atoms with E-state index in [0.29, 0.717) is 15.8 Å². The Morgan fingerprint density at radius 1 is 0.788 bits per heavy atom. The van der Waals surface area contributed by atoms with Crippen LogP contribution in [0.4, 0.5) is 27.9 Å². The summed E-state index contributed by atoms with van der Waals surface area (Å²) in [6.45, 7) is 1.25. The third-order valence-corrected chi connectivity index (χ3v) is 11.3. The van der Waals surface area contributed by atoms with Crippen molar-refractivity contribution in [1.29, 1.82) is 0 Å². The average molecular weight is 817 g/mol. The maximum atomic E-state index is 12.3. The van der Waals surface area contributed by atoms with Crippen LogP contribution in [-0.2, 0) is 40.5 Å². The van der Waals surface area contributed by atoms with Crippen LogP contribution in [-0.4, -0.2) is 74.3 Å². The number of phenols is 1. The van der Waals surface area contributed by atoms with Crippen LogP contribution >= 0.6 is 11.3 Å². The second kappa shape index (κ2) is 14.0. The van der Waals surface area contributed by atoms with E-state index in [1.54, 1.807) is 6.92 Å². The third kappa shape index (κ3) is 8.82. The van der Waals surface area contributed by atoms with Gasteiger partial charge in [0.05, 0.1) is 38.8 Å². The molecule has 25 heteroatoms. The lowest BCUT2D eigenvalue weighted by Crippen LogP contribution is -2.08. The zero-order chi connectivity index (χ0) is 38.4. The van der Waals surface area contributed by atoms with Crippen molar-refractivity contribution in [2.24, 2.45) is 20.5 Å². The van der Waals surface area contributed by atoms with Gasteiger partial charge in [0.15, 0.2) is 5.75 Å². The Labute approximate surface area is 298 Å². The Kier molecular flexibility index (Phi) is 10.4. The summed E-state index contributed by atoms with van der Waals surface area (Å²) in [4.78, 5) is 2.09. The van der Waals surface area contributed by atoms with Crippen molar-refractivity contribution in [2.45, 2.75) is 28.0 Å². The predicted molar refractivity (Wildman–Crippen MR) is 185 cm³/mol. The van der Waals surface area contributed by atoms with Gasteiger partial charge in [0, 0.05) is 11.5 Å². The highest BCUT2D eigenvalue weighted by atomic mass is 32.2. The normalized spacial score (nSPS) is 13.2. The number of aryl methyl sites for hydroxylation is 1. The van der Waals surface area contributed by atoms with E-state index >= 15 is 0 Å². The molecule has 0 amide bonds. The maximum Gasteiger partial charge on any atom is 0.296 e. The number of azo groups is 2. The molecule has 7 N–H and O–H groups in total. The number of hydrogen-bond donors (Lipinski definition) is 6. The molecule has 276 valence electrons. The Hall–Kier alpha value is -4.73. The molecular formula is C27H24N6O14S5. The van der Waals surface area contributed by atoms with Gasteiger partial charge in [-0.3, -0.25) is 18.2 Å². The molecule has 0 saturated heterocycles. The molecule has 5 aromatic rings. The van der Waals surface area contributed by atoms with Crippen molar-refractivity contribution < 1.29 is 61.7 Å². The quantitative estimate of drug-likeness (QED) is 0.0404. The van der Waals surface area contributed by atoms with Crippen LogP contribution in [0.25, 0.3) is 21.0 Å². The van der Waals surface area contributed by atoms with Crippen LogP contribution in [0.1, 0.15) is 12.0 Å². The van der Waals surface area contributed by atoms with Crippen LogP contribution in [0.5, 0.6) is 11.5 Å². The molecule has 0 spiro atoms. The van der Waals surface area contributed by atoms with Crippen LogP contribution in [0, 0.1) is 6.92 Å². The molecule has 5 rings (SSSR count). The fourth-order valence-corrected chi connectivity index (χ4v) is 7.77. The van der Waals surface area contributed by atoms with E-state index in [1.807, 2.05) is 0 Å². The van der Waals surface area contributed by atoms with E-state index in [-0.39, 0.29) is 51.0 Å². The van der Waals surface area contributed by atoms with Crippen molar-refractivity contribution in [3.63, 3.8) is 0 Å². The van der Waals surface area contributed by atoms with Gasteiger partial charge in [0.1, 0.15) is 26.9 Å². The molecule has 0 fully saturated rings. The highest BCUT2D eigenvalue weighted by Gasteiger charge is 2.25. The van der Waals surface area contributed by atoms with Gasteiger partial charge >= 0.3 is 0 Å². The SMILES string of the molecule is Cc1cc(N=Nc2c(S(=O)(=O)O)cc3cc(S(=O)(=O)O)c(N)cc3c2O)c(OCCCS(=O)(=O)O)cc1N=Nc1nc2ccc(S(=O)(=O)O)cc2s1. The summed E-state index contributed by atoms with van der Waals surface area (Å²) in [5.41, 5.74) is 5.15. The van der Waals surface area contributed by atoms with Gasteiger partial charge in [-0.15, -0.1) is 20.5 Å². The lowest BCUT2D eigenvalue weighted by molar-refractivity contribution is 0.317. The summed E-state index contributed by atoms with van der Waals surface area (Å²) in [5, 5.41) is 26.6. The van der Waals surface area contributed by atoms with Crippen molar-refractivity contribution in [3.05, 3.63) is 54.1 Å². The molecule has 0 radical (unpaired) electrons. The summed E-state index contributed by atoms with van der Waals surface area (Å²) in [6.07, 6.45) is -0.192. The first-order chi connectivity index (χ1) is 24.0. The van der Waals surface area contributed by atoms with E-state index in [9.17, 15) is 52.4 Å². The Morgan fingerprint density at radius 3 is 2.08 bits per heavy atom. The summed E-state index contributed by atoms with van der Waals surface area (Å²) < 4.78 is 137. The number of ether oxygens (including phenoxy) is 1. The largest absolute Gasteiger partial charge is 0.505 e. The van der Waals surface area contributed by atoms with E-state index in [1.165, 1.54) is 24.3 Å². The smallest absolute Gasteiger partial charge is 0.296 e. The van der Waals surface area contributed by atoms with E-state index < -0.39 is 73.1 Å². The number of anilines is 1. The Balaban J connectivity index is 1.58. The van der Waals surface area contributed by atoms with Gasteiger partial charge in [-0.05, 0) is 66.8 Å². The first-order valence-electron chi connectivity index (χ1n) is 14.0. The first kappa shape index (κ1) is 38.5. The van der Waals surface area contributed by atoms with Gasteiger partial charge in [-0.1, -0.05) is 11.3 Å². The molecule has 1 aromatic heterocycles. The predicted octanol–water partition coefficient (Wildman–Crippen LogP) is 5.27. The Bertz CT molecular complexity index is 2790. The highest BCUT2D eigenvalue weighted by Crippen LogP contribution is 2.44. The highest BCUT2D eigenvalue weighted by molar-refractivity contribution is 7.86. The number of hydrogen-bond acceptors (Lipinski definition) is 17. The summed E-state index contributed by atoms with van der Waals surface area (Å²) in [5.74, 6) is -1.69. The van der Waals surface area contributed by atoms with Crippen molar-refractivity contribution >= 4 is 101 Å². The van der Waals surface area contributed by atoms with Gasteiger partial charge in [0.25, 0.3) is 40.5 Å². The van der Waals surface area contributed by atoms with Crippen molar-refractivity contribution in [3.8, 4) is 11.5 Å². The molecule has 0 aliphatic carbocycles. The number of aromatic nitrogens is 1.